The van der Waals surface area contributed by atoms with Gasteiger partial charge < -0.3 is 19.9 Å². The number of nitrogens with one attached hydrogen (secondary N) is 1. The molecule has 0 radical (unpaired) electrons. The molecule has 2 aromatic rings. The van der Waals surface area contributed by atoms with E-state index in [0.29, 0.717) is 6.04 Å². The minimum Gasteiger partial charge on any atom is -0.493 e. The fourth-order valence-corrected chi connectivity index (χ4v) is 3.17. The zero-order valence-corrected chi connectivity index (χ0v) is 18.1. The smallest absolute Gasteiger partial charge is 0.490 e. The van der Waals surface area contributed by atoms with Crippen LogP contribution in [0.3, 0.4) is 0 Å². The van der Waals surface area contributed by atoms with Crippen molar-refractivity contribution in [2.45, 2.75) is 25.6 Å². The maximum Gasteiger partial charge on any atom is 0.490 e. The molecule has 2 N–H and O–H groups in total. The molecule has 9 heteroatoms. The van der Waals surface area contributed by atoms with E-state index in [1.807, 2.05) is 0 Å². The van der Waals surface area contributed by atoms with Gasteiger partial charge in [0, 0.05) is 22.3 Å². The predicted molar refractivity (Wildman–Crippen MR) is 111 cm³/mol. The van der Waals surface area contributed by atoms with Crippen LogP contribution >= 0.6 is 15.9 Å². The van der Waals surface area contributed by atoms with Gasteiger partial charge in [-0.3, -0.25) is 0 Å². The first-order chi connectivity index (χ1) is 14.1. The van der Waals surface area contributed by atoms with E-state index < -0.39 is 12.1 Å². The van der Waals surface area contributed by atoms with Crippen LogP contribution in [0.25, 0.3) is 5.57 Å². The summed E-state index contributed by atoms with van der Waals surface area (Å²) in [5.74, 6) is -1.23. The highest BCUT2D eigenvalue weighted by molar-refractivity contribution is 9.10. The fraction of sp³-hybridized carbons (Fsp3) is 0.286. The Bertz CT molecular complexity index is 927. The third-order valence-corrected chi connectivity index (χ3v) is 4.86. The summed E-state index contributed by atoms with van der Waals surface area (Å²) in [4.78, 5) is 8.90. The molecule has 0 aliphatic carbocycles. The number of benzene rings is 2. The molecule has 2 aromatic carbocycles. The van der Waals surface area contributed by atoms with Crippen molar-refractivity contribution < 1.29 is 32.5 Å². The van der Waals surface area contributed by atoms with Gasteiger partial charge in [-0.25, -0.2) is 4.79 Å². The van der Waals surface area contributed by atoms with Crippen LogP contribution < -0.4 is 14.8 Å². The van der Waals surface area contributed by atoms with Gasteiger partial charge >= 0.3 is 12.1 Å². The summed E-state index contributed by atoms with van der Waals surface area (Å²) in [7, 11) is 3.35. The van der Waals surface area contributed by atoms with E-state index in [9.17, 15) is 13.2 Å². The molecule has 30 heavy (non-hydrogen) atoms. The number of aliphatic carboxylic acids is 1. The highest BCUT2D eigenvalue weighted by Gasteiger charge is 2.38. The lowest BCUT2D eigenvalue weighted by molar-refractivity contribution is -0.192. The van der Waals surface area contributed by atoms with Crippen molar-refractivity contribution in [1.82, 2.24) is 5.32 Å². The van der Waals surface area contributed by atoms with Crippen LogP contribution in [-0.4, -0.2) is 37.5 Å². The van der Waals surface area contributed by atoms with E-state index in [4.69, 9.17) is 19.4 Å². The van der Waals surface area contributed by atoms with Crippen molar-refractivity contribution in [3.63, 3.8) is 0 Å². The van der Waals surface area contributed by atoms with E-state index in [-0.39, 0.29) is 0 Å². The van der Waals surface area contributed by atoms with E-state index in [0.717, 1.165) is 28.0 Å². The van der Waals surface area contributed by atoms with Crippen LogP contribution in [0.15, 0.2) is 47.1 Å². The lowest BCUT2D eigenvalue weighted by Crippen LogP contribution is -2.21. The Labute approximate surface area is 180 Å². The monoisotopic (exact) mass is 487 g/mol. The predicted octanol–water partition coefficient (Wildman–Crippen LogP) is 5.02. The molecule has 1 heterocycles. The summed E-state index contributed by atoms with van der Waals surface area (Å²) in [6, 6.07) is 12.9. The zero-order valence-electron chi connectivity index (χ0n) is 16.5. The van der Waals surface area contributed by atoms with E-state index in [1.165, 1.54) is 16.7 Å². The van der Waals surface area contributed by atoms with Crippen molar-refractivity contribution in [3.8, 4) is 11.5 Å². The summed E-state index contributed by atoms with van der Waals surface area (Å²) >= 11 is 3.50. The third kappa shape index (κ3) is 5.91. The summed E-state index contributed by atoms with van der Waals surface area (Å²) in [6.07, 6.45) is -2.04. The van der Waals surface area contributed by atoms with Gasteiger partial charge in [0.1, 0.15) is 0 Å². The number of hydrogen-bond donors (Lipinski definition) is 2. The quantitative estimate of drug-likeness (QED) is 0.635. The van der Waals surface area contributed by atoms with Crippen LogP contribution in [0.1, 0.15) is 23.6 Å². The summed E-state index contributed by atoms with van der Waals surface area (Å²) in [6.45, 7) is 2.18. The molecule has 0 amide bonds. The molecule has 5 nitrogen and oxygen atoms in total. The van der Waals surface area contributed by atoms with Gasteiger partial charge in [-0.2, -0.15) is 13.2 Å². The van der Waals surface area contributed by atoms with Gasteiger partial charge in [-0.1, -0.05) is 28.1 Å². The van der Waals surface area contributed by atoms with Crippen LogP contribution in [0, 0.1) is 0 Å². The molecule has 1 aliphatic heterocycles. The van der Waals surface area contributed by atoms with Gasteiger partial charge in [-0.15, -0.1) is 0 Å². The molecule has 0 aromatic heterocycles. The number of methoxy groups -OCH3 is 2. The number of carboxylic acid groups (broad SMARTS) is 1. The Morgan fingerprint density at radius 2 is 1.67 bits per heavy atom. The van der Waals surface area contributed by atoms with Gasteiger partial charge in [0.15, 0.2) is 11.5 Å². The maximum absolute atomic E-state index is 10.6. The van der Waals surface area contributed by atoms with Crippen LogP contribution in [-0.2, 0) is 11.2 Å². The first-order valence-corrected chi connectivity index (χ1v) is 9.63. The summed E-state index contributed by atoms with van der Waals surface area (Å²) in [5, 5.41) is 10.6. The molecule has 0 bridgehead atoms. The van der Waals surface area contributed by atoms with Crippen molar-refractivity contribution in [2.24, 2.45) is 0 Å². The van der Waals surface area contributed by atoms with Gasteiger partial charge in [-0.05, 0) is 54.3 Å². The lowest BCUT2D eigenvalue weighted by Gasteiger charge is -2.16. The number of halogens is 4. The number of carbonyl (C=O) groups is 1. The van der Waals surface area contributed by atoms with E-state index in [1.54, 1.807) is 14.2 Å². The zero-order chi connectivity index (χ0) is 22.5. The first-order valence-electron chi connectivity index (χ1n) is 8.84. The molecular weight excluding hydrogens is 467 g/mol. The van der Waals surface area contributed by atoms with E-state index >= 15 is 0 Å². The maximum atomic E-state index is 10.6. The van der Waals surface area contributed by atoms with E-state index in [2.05, 4.69) is 70.8 Å². The molecule has 1 aliphatic rings. The van der Waals surface area contributed by atoms with Gasteiger partial charge in [0.2, 0.25) is 0 Å². The lowest BCUT2D eigenvalue weighted by atomic mass is 9.92. The number of fused-ring (bicyclic) bond motifs is 1. The second-order valence-corrected chi connectivity index (χ2v) is 7.42. The summed E-state index contributed by atoms with van der Waals surface area (Å²) in [5.41, 5.74) is 4.78. The molecule has 0 saturated heterocycles. The fourth-order valence-electron chi connectivity index (χ4n) is 2.90. The Balaban J connectivity index is 0.000000396. The molecule has 0 saturated carbocycles. The topological polar surface area (TPSA) is 67.8 Å². The van der Waals surface area contributed by atoms with Crippen LogP contribution in [0.5, 0.6) is 11.5 Å². The third-order valence-electron chi connectivity index (χ3n) is 4.34. The second-order valence-electron chi connectivity index (χ2n) is 6.50. The number of ether oxygens (including phenoxy) is 2. The largest absolute Gasteiger partial charge is 0.493 e. The standard InChI is InChI=1S/C19H20BrNO2.C2HF3O2/c1-12-8-14-9-18(22-2)19(23-3)10-16(14)17(11-21-12)13-4-6-15(20)7-5-13;3-2(4,5)1(6)7/h4-7,9-12,21H,8H2,1-3H3;(H,6,7). The average Bonchev–Trinajstić information content (AvgIpc) is 2.85. The molecule has 1 atom stereocenters. The molecule has 1 unspecified atom stereocenters. The number of alkyl halides is 3. The normalized spacial score (nSPS) is 15.4. The van der Waals surface area contributed by atoms with Gasteiger partial charge in [0.05, 0.1) is 14.2 Å². The summed E-state index contributed by atoms with van der Waals surface area (Å²) < 4.78 is 43.8. The molecule has 0 fully saturated rings. The molecule has 3 rings (SSSR count). The molecule has 162 valence electrons. The second kappa shape index (κ2) is 9.88. The number of hydrogen-bond acceptors (Lipinski definition) is 4. The highest BCUT2D eigenvalue weighted by atomic mass is 79.9. The number of rotatable bonds is 3. The number of carboxylic acids is 1. The molecular formula is C21H21BrF3NO4. The van der Waals surface area contributed by atoms with Crippen molar-refractivity contribution >= 4 is 27.5 Å². The van der Waals surface area contributed by atoms with Gasteiger partial charge in [0.25, 0.3) is 0 Å². The average molecular weight is 488 g/mol. The minimum absolute atomic E-state index is 0.361. The van der Waals surface area contributed by atoms with Crippen molar-refractivity contribution in [1.29, 1.82) is 0 Å². The Kier molecular flexibility index (Phi) is 7.77. The van der Waals surface area contributed by atoms with Crippen LogP contribution in [0.4, 0.5) is 13.2 Å². The SMILES string of the molecule is COc1cc2c(cc1OC)C(c1ccc(Br)cc1)=CNC(C)C2.O=C(O)C(F)(F)F. The van der Waals surface area contributed by atoms with Crippen molar-refractivity contribution in [2.75, 3.05) is 14.2 Å². The highest BCUT2D eigenvalue weighted by Crippen LogP contribution is 2.37. The Morgan fingerprint density at radius 3 is 2.17 bits per heavy atom. The Hall–Kier alpha value is -2.68. The Morgan fingerprint density at radius 1 is 1.13 bits per heavy atom. The van der Waals surface area contributed by atoms with Crippen molar-refractivity contribution in [3.05, 3.63) is 63.8 Å². The molecule has 0 spiro atoms. The first kappa shape index (κ1) is 23.6. The minimum atomic E-state index is -5.08. The van der Waals surface area contributed by atoms with Crippen LogP contribution in [0.2, 0.25) is 0 Å².